The number of phenolic OH excluding ortho intramolecular Hbond substituents is 1. The Morgan fingerprint density at radius 1 is 0.800 bits per heavy atom. The smallest absolute Gasteiger partial charge is 0.433 e. The summed E-state index contributed by atoms with van der Waals surface area (Å²) in [6, 6.07) is 9.59. The van der Waals surface area contributed by atoms with Crippen molar-refractivity contribution >= 4 is 11.6 Å². The van der Waals surface area contributed by atoms with Crippen LogP contribution in [0.4, 0.5) is 39.5 Å². The van der Waals surface area contributed by atoms with Crippen LogP contribution in [0, 0.1) is 0 Å². The van der Waals surface area contributed by atoms with Gasteiger partial charge >= 0.3 is 18.5 Å². The van der Waals surface area contributed by atoms with Crippen molar-refractivity contribution < 1.29 is 49.4 Å². The van der Waals surface area contributed by atoms with Crippen LogP contribution >= 0.6 is 11.6 Å². The summed E-state index contributed by atoms with van der Waals surface area (Å²) in [6.07, 6.45) is -15.2. The van der Waals surface area contributed by atoms with Crippen molar-refractivity contribution in [1.82, 2.24) is 9.78 Å². The van der Waals surface area contributed by atoms with Crippen molar-refractivity contribution in [2.24, 2.45) is 7.05 Å². The lowest BCUT2D eigenvalue weighted by Gasteiger charge is -2.19. The van der Waals surface area contributed by atoms with Gasteiger partial charge in [0.2, 0.25) is 0 Å². The molecule has 212 valence electrons. The molecular formula is C26H16ClF9N2O2. The van der Waals surface area contributed by atoms with Crippen molar-refractivity contribution in [3.8, 4) is 33.9 Å². The molecule has 0 spiro atoms. The summed E-state index contributed by atoms with van der Waals surface area (Å²) in [7, 11) is 0.982. The van der Waals surface area contributed by atoms with E-state index in [-0.39, 0.29) is 24.0 Å². The van der Waals surface area contributed by atoms with Gasteiger partial charge in [-0.2, -0.15) is 44.6 Å². The van der Waals surface area contributed by atoms with Gasteiger partial charge < -0.3 is 9.84 Å². The second-order valence-corrected chi connectivity index (χ2v) is 9.02. The lowest BCUT2D eigenvalue weighted by atomic mass is 9.95. The van der Waals surface area contributed by atoms with Gasteiger partial charge in [-0.25, -0.2) is 0 Å². The first-order valence-electron chi connectivity index (χ1n) is 11.1. The van der Waals surface area contributed by atoms with Gasteiger partial charge in [0, 0.05) is 17.6 Å². The first kappa shape index (κ1) is 29.1. The molecule has 0 fully saturated rings. The highest BCUT2D eigenvalue weighted by molar-refractivity contribution is 6.30. The Bertz CT molecular complexity index is 1510. The quantitative estimate of drug-likeness (QED) is 0.235. The summed E-state index contributed by atoms with van der Waals surface area (Å²) in [5.41, 5.74) is -6.18. The normalized spacial score (nSPS) is 12.6. The zero-order chi connectivity index (χ0) is 29.6. The lowest BCUT2D eigenvalue weighted by Crippen LogP contribution is -2.11. The maximum absolute atomic E-state index is 13.6. The van der Waals surface area contributed by atoms with Crippen molar-refractivity contribution in [1.29, 1.82) is 0 Å². The number of benzene rings is 3. The molecule has 40 heavy (non-hydrogen) atoms. The molecule has 0 aliphatic rings. The summed E-state index contributed by atoms with van der Waals surface area (Å²) < 4.78 is 127. The lowest BCUT2D eigenvalue weighted by molar-refractivity contribution is -0.144. The number of hydrogen-bond donors (Lipinski definition) is 1. The molecular weight excluding hydrogens is 579 g/mol. The Balaban J connectivity index is 1.94. The number of aromatic hydroxyl groups is 1. The number of rotatable bonds is 5. The Hall–Kier alpha value is -3.87. The van der Waals surface area contributed by atoms with Gasteiger partial charge in [-0.05, 0) is 59.7 Å². The molecule has 0 aliphatic heterocycles. The van der Waals surface area contributed by atoms with Crippen LogP contribution in [0.25, 0.3) is 22.4 Å². The number of nitrogens with zero attached hydrogens (tertiary/aromatic N) is 2. The second-order valence-electron chi connectivity index (χ2n) is 8.58. The summed E-state index contributed by atoms with van der Waals surface area (Å²) in [5.74, 6) is -1.27. The molecule has 14 heteroatoms. The highest BCUT2D eigenvalue weighted by atomic mass is 35.5. The largest absolute Gasteiger partial charge is 0.506 e. The molecule has 1 aromatic heterocycles. The van der Waals surface area contributed by atoms with Gasteiger partial charge in [-0.3, -0.25) is 4.68 Å². The van der Waals surface area contributed by atoms with E-state index in [0.717, 1.165) is 19.2 Å². The van der Waals surface area contributed by atoms with Crippen LogP contribution in [0.15, 0.2) is 60.7 Å². The molecule has 0 radical (unpaired) electrons. The van der Waals surface area contributed by atoms with E-state index >= 15 is 0 Å². The minimum atomic E-state index is -5.20. The van der Waals surface area contributed by atoms with E-state index < -0.39 is 57.9 Å². The monoisotopic (exact) mass is 594 g/mol. The van der Waals surface area contributed by atoms with E-state index in [1.165, 1.54) is 12.1 Å². The summed E-state index contributed by atoms with van der Waals surface area (Å²) in [6.45, 7) is -0.240. The van der Waals surface area contributed by atoms with Gasteiger partial charge in [-0.15, -0.1) is 0 Å². The van der Waals surface area contributed by atoms with Crippen LogP contribution < -0.4 is 4.74 Å². The molecule has 0 aliphatic carbocycles. The molecule has 4 aromatic rings. The van der Waals surface area contributed by atoms with Crippen molar-refractivity contribution in [2.45, 2.75) is 25.1 Å². The number of ether oxygens (including phenoxy) is 1. The number of aromatic nitrogens is 2. The highest BCUT2D eigenvalue weighted by Crippen LogP contribution is 2.47. The summed E-state index contributed by atoms with van der Waals surface area (Å²) >= 11 is 5.84. The van der Waals surface area contributed by atoms with Gasteiger partial charge in [0.15, 0.2) is 0 Å². The number of hydrogen-bond acceptors (Lipinski definition) is 3. The summed E-state index contributed by atoms with van der Waals surface area (Å²) in [5, 5.41) is 15.2. The molecule has 0 amide bonds. The standard InChI is InChI=1S/C26H16ClF9N2O2/c1-38-21(26(34,35)36)11-19(37-38)18-6-7-20(40-12-13-2-4-17(27)5-3-13)22(23(18)39)14-8-15(24(28,29)30)10-16(9-14)25(31,32)33/h2-11,39H,12H2,1H3. The minimum Gasteiger partial charge on any atom is -0.506 e. The highest BCUT2D eigenvalue weighted by Gasteiger charge is 2.38. The van der Waals surface area contributed by atoms with Crippen LogP contribution in [-0.2, 0) is 32.2 Å². The van der Waals surface area contributed by atoms with E-state index in [4.69, 9.17) is 16.3 Å². The van der Waals surface area contributed by atoms with Gasteiger partial charge in [-0.1, -0.05) is 23.7 Å². The predicted octanol–water partition coefficient (Wildman–Crippen LogP) is 8.75. The molecule has 4 rings (SSSR count). The maximum atomic E-state index is 13.6. The minimum absolute atomic E-state index is 0.0903. The molecule has 0 atom stereocenters. The Morgan fingerprint density at radius 2 is 1.38 bits per heavy atom. The first-order valence-corrected chi connectivity index (χ1v) is 11.5. The van der Waals surface area contributed by atoms with E-state index in [0.29, 0.717) is 33.5 Å². The Morgan fingerprint density at radius 3 is 1.88 bits per heavy atom. The third-order valence-electron chi connectivity index (χ3n) is 5.77. The Labute approximate surface area is 225 Å². The molecule has 1 heterocycles. The topological polar surface area (TPSA) is 47.3 Å². The van der Waals surface area contributed by atoms with Crippen molar-refractivity contribution in [3.05, 3.63) is 88.1 Å². The van der Waals surface area contributed by atoms with E-state index in [2.05, 4.69) is 5.10 Å². The van der Waals surface area contributed by atoms with Gasteiger partial charge in [0.05, 0.1) is 22.4 Å². The molecule has 1 N–H and O–H groups in total. The van der Waals surface area contributed by atoms with Gasteiger partial charge in [0.25, 0.3) is 0 Å². The van der Waals surface area contributed by atoms with Gasteiger partial charge in [0.1, 0.15) is 23.8 Å². The fraction of sp³-hybridized carbons (Fsp3) is 0.192. The van der Waals surface area contributed by atoms with Crippen LogP contribution in [0.5, 0.6) is 11.5 Å². The number of aryl methyl sites for hydroxylation is 1. The third kappa shape index (κ3) is 6.14. The molecule has 3 aromatic carbocycles. The number of alkyl halides is 9. The molecule has 0 saturated heterocycles. The maximum Gasteiger partial charge on any atom is 0.433 e. The van der Waals surface area contributed by atoms with E-state index in [1.807, 2.05) is 0 Å². The van der Waals surface area contributed by atoms with Crippen LogP contribution in [0.1, 0.15) is 22.4 Å². The van der Waals surface area contributed by atoms with Crippen LogP contribution in [0.2, 0.25) is 5.02 Å². The molecule has 0 unspecified atom stereocenters. The van der Waals surface area contributed by atoms with E-state index in [9.17, 15) is 44.6 Å². The van der Waals surface area contributed by atoms with Crippen molar-refractivity contribution in [3.63, 3.8) is 0 Å². The molecule has 0 saturated carbocycles. The van der Waals surface area contributed by atoms with Crippen LogP contribution in [0.3, 0.4) is 0 Å². The molecule has 0 bridgehead atoms. The zero-order valence-corrected chi connectivity index (χ0v) is 20.8. The zero-order valence-electron chi connectivity index (χ0n) is 20.0. The third-order valence-corrected chi connectivity index (χ3v) is 6.02. The average molecular weight is 595 g/mol. The number of phenols is 1. The van der Waals surface area contributed by atoms with E-state index in [1.54, 1.807) is 12.1 Å². The van der Waals surface area contributed by atoms with Crippen LogP contribution in [-0.4, -0.2) is 14.9 Å². The second kappa shape index (κ2) is 10.3. The predicted molar refractivity (Wildman–Crippen MR) is 127 cm³/mol. The van der Waals surface area contributed by atoms with Crippen molar-refractivity contribution in [2.75, 3.05) is 0 Å². The first-order chi connectivity index (χ1) is 18.4. The number of halogens is 10. The summed E-state index contributed by atoms with van der Waals surface area (Å²) in [4.78, 5) is 0. The fourth-order valence-corrected chi connectivity index (χ4v) is 4.01. The fourth-order valence-electron chi connectivity index (χ4n) is 3.88. The SMILES string of the molecule is Cn1nc(-c2ccc(OCc3ccc(Cl)cc3)c(-c3cc(C(F)(F)F)cc(C(F)(F)F)c3)c2O)cc1C(F)(F)F. The Kier molecular flexibility index (Phi) is 7.48. The molecule has 4 nitrogen and oxygen atoms in total. The average Bonchev–Trinajstić information content (AvgIpc) is 3.24.